The summed E-state index contributed by atoms with van der Waals surface area (Å²) in [6.07, 6.45) is 0. The van der Waals surface area contributed by atoms with Crippen molar-refractivity contribution >= 4 is 5.97 Å². The number of carbonyl (C=O) groups is 1. The van der Waals surface area contributed by atoms with Crippen LogP contribution in [0.5, 0.6) is 0 Å². The van der Waals surface area contributed by atoms with Crippen LogP contribution in [0.25, 0.3) is 0 Å². The van der Waals surface area contributed by atoms with Gasteiger partial charge in [0.2, 0.25) is 0 Å². The van der Waals surface area contributed by atoms with Crippen LogP contribution in [0.15, 0.2) is 24.3 Å². The Hall–Kier alpha value is -1.86. The van der Waals surface area contributed by atoms with Gasteiger partial charge in [0.1, 0.15) is 0 Å². The fraction of sp³-hybridized carbons (Fsp3) is 0.333. The lowest BCUT2D eigenvalue weighted by Crippen LogP contribution is -2.20. The molecule has 2 N–H and O–H groups in total. The summed E-state index contributed by atoms with van der Waals surface area (Å²) in [7, 11) is 0. The molecular formula is C12H12N2O2. The Labute approximate surface area is 93.5 Å². The van der Waals surface area contributed by atoms with Gasteiger partial charge < -0.3 is 10.4 Å². The molecule has 0 aromatic heterocycles. The van der Waals surface area contributed by atoms with E-state index in [0.717, 1.165) is 5.56 Å². The molecule has 2 atom stereocenters. The zero-order chi connectivity index (χ0) is 11.5. The molecule has 1 aliphatic heterocycles. The first kappa shape index (κ1) is 10.7. The molecule has 2 unspecified atom stereocenters. The largest absolute Gasteiger partial charge is 0.481 e. The van der Waals surface area contributed by atoms with Crippen molar-refractivity contribution in [1.82, 2.24) is 5.32 Å². The molecule has 0 aliphatic carbocycles. The second-order valence-corrected chi connectivity index (χ2v) is 3.94. The molecule has 1 aromatic carbocycles. The number of hydrogen-bond acceptors (Lipinski definition) is 3. The van der Waals surface area contributed by atoms with E-state index in [1.807, 2.05) is 18.2 Å². The average molecular weight is 216 g/mol. The Bertz CT molecular complexity index is 433. The molecule has 1 aromatic rings. The molecule has 0 amide bonds. The van der Waals surface area contributed by atoms with Crippen LogP contribution in [0, 0.1) is 17.2 Å². The molecule has 1 fully saturated rings. The number of carboxylic acids is 1. The van der Waals surface area contributed by atoms with Crippen LogP contribution in [-0.2, 0) is 4.79 Å². The van der Waals surface area contributed by atoms with Crippen molar-refractivity contribution in [3.05, 3.63) is 35.4 Å². The molecule has 0 radical (unpaired) electrons. The summed E-state index contributed by atoms with van der Waals surface area (Å²) in [5.74, 6) is -1.13. The highest BCUT2D eigenvalue weighted by atomic mass is 16.4. The van der Waals surface area contributed by atoms with Crippen molar-refractivity contribution in [2.24, 2.45) is 5.92 Å². The van der Waals surface area contributed by atoms with E-state index in [4.69, 9.17) is 10.4 Å². The first-order valence-electron chi connectivity index (χ1n) is 5.16. The van der Waals surface area contributed by atoms with E-state index in [-0.39, 0.29) is 11.8 Å². The topological polar surface area (TPSA) is 73.1 Å². The molecule has 1 saturated heterocycles. The highest BCUT2D eigenvalue weighted by Crippen LogP contribution is 2.28. The van der Waals surface area contributed by atoms with Gasteiger partial charge in [-0.2, -0.15) is 5.26 Å². The van der Waals surface area contributed by atoms with Crippen LogP contribution in [0.4, 0.5) is 0 Å². The van der Waals surface area contributed by atoms with E-state index in [2.05, 4.69) is 5.32 Å². The summed E-state index contributed by atoms with van der Waals surface area (Å²) in [5, 5.41) is 20.8. The Morgan fingerprint density at radius 2 is 2.06 bits per heavy atom. The van der Waals surface area contributed by atoms with Crippen LogP contribution in [-0.4, -0.2) is 24.2 Å². The minimum atomic E-state index is -0.764. The quantitative estimate of drug-likeness (QED) is 0.771. The molecule has 4 nitrogen and oxygen atoms in total. The van der Waals surface area contributed by atoms with Crippen LogP contribution >= 0.6 is 0 Å². The maximum absolute atomic E-state index is 11.0. The van der Waals surface area contributed by atoms with E-state index < -0.39 is 5.97 Å². The van der Waals surface area contributed by atoms with Crippen LogP contribution in [0.2, 0.25) is 0 Å². The fourth-order valence-corrected chi connectivity index (χ4v) is 2.09. The molecule has 0 bridgehead atoms. The molecule has 4 heteroatoms. The molecule has 1 aliphatic rings. The first-order valence-corrected chi connectivity index (χ1v) is 5.16. The number of nitrogens with one attached hydrogen (secondary N) is 1. The van der Waals surface area contributed by atoms with E-state index in [1.165, 1.54) is 0 Å². The minimum Gasteiger partial charge on any atom is -0.481 e. The van der Waals surface area contributed by atoms with Crippen LogP contribution in [0.1, 0.15) is 17.0 Å². The van der Waals surface area contributed by atoms with Gasteiger partial charge in [0.05, 0.1) is 17.6 Å². The highest BCUT2D eigenvalue weighted by Gasteiger charge is 2.33. The average Bonchev–Trinajstić information content (AvgIpc) is 2.78. The lowest BCUT2D eigenvalue weighted by molar-refractivity contribution is -0.141. The monoisotopic (exact) mass is 216 g/mol. The van der Waals surface area contributed by atoms with Crippen molar-refractivity contribution < 1.29 is 9.90 Å². The third-order valence-electron chi connectivity index (χ3n) is 3.00. The molecule has 16 heavy (non-hydrogen) atoms. The lowest BCUT2D eigenvalue weighted by atomic mass is 9.89. The summed E-state index contributed by atoms with van der Waals surface area (Å²) in [6, 6.07) is 9.18. The molecule has 0 spiro atoms. The van der Waals surface area contributed by atoms with Gasteiger partial charge in [-0.05, 0) is 17.7 Å². The van der Waals surface area contributed by atoms with Crippen molar-refractivity contribution in [2.75, 3.05) is 13.1 Å². The Morgan fingerprint density at radius 3 is 2.62 bits per heavy atom. The summed E-state index contributed by atoms with van der Waals surface area (Å²) in [5.41, 5.74) is 1.58. The van der Waals surface area contributed by atoms with Gasteiger partial charge in [-0.3, -0.25) is 4.79 Å². The van der Waals surface area contributed by atoms with Crippen molar-refractivity contribution in [1.29, 1.82) is 5.26 Å². The molecular weight excluding hydrogens is 204 g/mol. The maximum atomic E-state index is 11.0. The number of rotatable bonds is 2. The number of nitrogens with zero attached hydrogens (tertiary/aromatic N) is 1. The number of hydrogen-bond donors (Lipinski definition) is 2. The van der Waals surface area contributed by atoms with Crippen molar-refractivity contribution in [3.63, 3.8) is 0 Å². The van der Waals surface area contributed by atoms with E-state index >= 15 is 0 Å². The van der Waals surface area contributed by atoms with Crippen molar-refractivity contribution in [3.8, 4) is 6.07 Å². The Balaban J connectivity index is 2.23. The molecule has 82 valence electrons. The zero-order valence-electron chi connectivity index (χ0n) is 8.68. The van der Waals surface area contributed by atoms with Crippen LogP contribution in [0.3, 0.4) is 0 Å². The molecule has 2 rings (SSSR count). The third-order valence-corrected chi connectivity index (χ3v) is 3.00. The van der Waals surface area contributed by atoms with Crippen molar-refractivity contribution in [2.45, 2.75) is 5.92 Å². The first-order chi connectivity index (χ1) is 7.72. The minimum absolute atomic E-state index is 0.00485. The summed E-state index contributed by atoms with van der Waals surface area (Å²) in [6.45, 7) is 1.20. The standard InChI is InChI=1S/C12H12N2O2/c13-5-8-1-3-9(4-2-8)10-6-14-7-11(10)12(15)16/h1-4,10-11,14H,6-7H2,(H,15,16). The molecule has 0 saturated carbocycles. The smallest absolute Gasteiger partial charge is 0.308 e. The number of aliphatic carboxylic acids is 1. The third kappa shape index (κ3) is 1.90. The van der Waals surface area contributed by atoms with Crippen LogP contribution < -0.4 is 5.32 Å². The Kier molecular flexibility index (Phi) is 2.88. The molecule has 1 heterocycles. The number of carboxylic acid groups (broad SMARTS) is 1. The Morgan fingerprint density at radius 1 is 1.38 bits per heavy atom. The summed E-state index contributed by atoms with van der Waals surface area (Å²) < 4.78 is 0. The second kappa shape index (κ2) is 4.33. The van der Waals surface area contributed by atoms with E-state index in [9.17, 15) is 4.79 Å². The van der Waals surface area contributed by atoms with E-state index in [1.54, 1.807) is 12.1 Å². The van der Waals surface area contributed by atoms with Gasteiger partial charge in [-0.25, -0.2) is 0 Å². The predicted octanol–water partition coefficient (Wildman–Crippen LogP) is 0.946. The number of nitriles is 1. The van der Waals surface area contributed by atoms with Gasteiger partial charge in [-0.15, -0.1) is 0 Å². The maximum Gasteiger partial charge on any atom is 0.308 e. The normalized spacial score (nSPS) is 23.9. The van der Waals surface area contributed by atoms with Gasteiger partial charge in [-0.1, -0.05) is 12.1 Å². The summed E-state index contributed by atoms with van der Waals surface area (Å²) >= 11 is 0. The van der Waals surface area contributed by atoms with Gasteiger partial charge in [0, 0.05) is 19.0 Å². The lowest BCUT2D eigenvalue weighted by Gasteiger charge is -2.14. The predicted molar refractivity (Wildman–Crippen MR) is 57.9 cm³/mol. The fourth-order valence-electron chi connectivity index (χ4n) is 2.09. The van der Waals surface area contributed by atoms with Gasteiger partial charge >= 0.3 is 5.97 Å². The van der Waals surface area contributed by atoms with Gasteiger partial charge in [0.15, 0.2) is 0 Å². The zero-order valence-corrected chi connectivity index (χ0v) is 8.68. The van der Waals surface area contributed by atoms with Gasteiger partial charge in [0.25, 0.3) is 0 Å². The highest BCUT2D eigenvalue weighted by molar-refractivity contribution is 5.72. The SMILES string of the molecule is N#Cc1ccc(C2CNCC2C(=O)O)cc1. The van der Waals surface area contributed by atoms with E-state index in [0.29, 0.717) is 18.7 Å². The summed E-state index contributed by atoms with van der Waals surface area (Å²) in [4.78, 5) is 11.0. The second-order valence-electron chi connectivity index (χ2n) is 3.94. The number of benzene rings is 1.